The van der Waals surface area contributed by atoms with Gasteiger partial charge in [-0.2, -0.15) is 4.98 Å². The monoisotopic (exact) mass is 367 g/mol. The minimum absolute atomic E-state index is 0.0327. The highest BCUT2D eigenvalue weighted by Crippen LogP contribution is 2.27. The number of esters is 1. The van der Waals surface area contributed by atoms with E-state index in [0.29, 0.717) is 15.6 Å². The second-order valence-electron chi connectivity index (χ2n) is 3.96. The molecule has 0 bridgehead atoms. The van der Waals surface area contributed by atoms with Gasteiger partial charge < -0.3 is 4.74 Å². The summed E-state index contributed by atoms with van der Waals surface area (Å²) in [5.74, 6) is 4.83. The normalized spacial score (nSPS) is 9.71. The Hall–Kier alpha value is -1.90. The number of aromatic nitrogens is 1. The molecule has 0 fully saturated rings. The maximum absolute atomic E-state index is 12.8. The van der Waals surface area contributed by atoms with Crippen LogP contribution in [0.1, 0.15) is 18.1 Å². The van der Waals surface area contributed by atoms with E-state index in [1.54, 1.807) is 18.2 Å². The van der Waals surface area contributed by atoms with E-state index in [4.69, 9.17) is 16.3 Å². The Kier molecular flexibility index (Phi) is 4.94. The number of halogens is 3. The van der Waals surface area contributed by atoms with Gasteiger partial charge >= 0.3 is 5.97 Å². The van der Waals surface area contributed by atoms with Crippen LogP contribution in [0.15, 0.2) is 34.8 Å². The Morgan fingerprint density at radius 2 is 2.00 bits per heavy atom. The summed E-state index contributed by atoms with van der Waals surface area (Å²) in [5.41, 5.74) is 1.02. The third kappa shape index (κ3) is 4.28. The Labute approximate surface area is 134 Å². The van der Waals surface area contributed by atoms with Gasteiger partial charge in [0.25, 0.3) is 0 Å². The van der Waals surface area contributed by atoms with Crippen molar-refractivity contribution < 1.29 is 13.9 Å². The lowest BCUT2D eigenvalue weighted by Gasteiger charge is -2.04. The summed E-state index contributed by atoms with van der Waals surface area (Å²) in [6, 6.07) is 7.32. The molecule has 1 heterocycles. The summed E-state index contributed by atoms with van der Waals surface area (Å²) in [7, 11) is 0. The first-order chi connectivity index (χ1) is 9.95. The first-order valence-electron chi connectivity index (χ1n) is 5.78. The van der Waals surface area contributed by atoms with E-state index in [2.05, 4.69) is 32.8 Å². The predicted octanol–water partition coefficient (Wildman–Crippen LogP) is 3.96. The first-order valence-corrected chi connectivity index (χ1v) is 6.95. The number of benzene rings is 1. The molecular weight excluding hydrogens is 361 g/mol. The molecule has 0 aliphatic heterocycles. The van der Waals surface area contributed by atoms with Crippen LogP contribution in [-0.4, -0.2) is 11.0 Å². The summed E-state index contributed by atoms with van der Waals surface area (Å²) in [5, 5.41) is 0.165. The van der Waals surface area contributed by atoms with Gasteiger partial charge in [0.05, 0.1) is 10.0 Å². The quantitative estimate of drug-likeness (QED) is 0.434. The summed E-state index contributed by atoms with van der Waals surface area (Å²) < 4.78 is 18.3. The van der Waals surface area contributed by atoms with Crippen LogP contribution in [0.5, 0.6) is 5.88 Å². The van der Waals surface area contributed by atoms with E-state index in [-0.39, 0.29) is 16.9 Å². The van der Waals surface area contributed by atoms with Crippen LogP contribution in [0.25, 0.3) is 0 Å². The number of pyridine rings is 1. The third-order valence-corrected chi connectivity index (χ3v) is 3.45. The van der Waals surface area contributed by atoms with E-state index in [1.165, 1.54) is 19.1 Å². The van der Waals surface area contributed by atoms with Gasteiger partial charge in [0.1, 0.15) is 11.0 Å². The van der Waals surface area contributed by atoms with Crippen LogP contribution in [-0.2, 0) is 4.79 Å². The van der Waals surface area contributed by atoms with E-state index in [9.17, 15) is 9.18 Å². The second-order valence-corrected chi connectivity index (χ2v) is 5.18. The molecule has 0 unspecified atom stereocenters. The SMILES string of the molecule is CC(=O)Oc1nc(Cl)c(Br)cc1C#Cc1ccc(F)cc1. The fraction of sp³-hybridized carbons (Fsp3) is 0.0667. The van der Waals surface area contributed by atoms with Crippen LogP contribution in [0.4, 0.5) is 4.39 Å². The van der Waals surface area contributed by atoms with Gasteiger partial charge in [-0.25, -0.2) is 4.39 Å². The fourth-order valence-electron chi connectivity index (χ4n) is 1.43. The van der Waals surface area contributed by atoms with E-state index >= 15 is 0 Å². The smallest absolute Gasteiger partial charge is 0.309 e. The lowest BCUT2D eigenvalue weighted by atomic mass is 10.2. The summed E-state index contributed by atoms with van der Waals surface area (Å²) in [6.07, 6.45) is 0. The van der Waals surface area contributed by atoms with Crippen molar-refractivity contribution in [3.8, 4) is 17.7 Å². The van der Waals surface area contributed by atoms with Gasteiger partial charge in [0.2, 0.25) is 5.88 Å². The molecule has 0 spiro atoms. The minimum Gasteiger partial charge on any atom is -0.406 e. The number of nitrogens with zero attached hydrogens (tertiary/aromatic N) is 1. The first kappa shape index (κ1) is 15.5. The molecule has 21 heavy (non-hydrogen) atoms. The van der Waals surface area contributed by atoms with E-state index in [1.807, 2.05) is 0 Å². The molecular formula is C15H8BrClFNO2. The lowest BCUT2D eigenvalue weighted by Crippen LogP contribution is -2.05. The Bertz CT molecular complexity index is 751. The van der Waals surface area contributed by atoms with Crippen molar-refractivity contribution >= 4 is 33.5 Å². The zero-order valence-corrected chi connectivity index (χ0v) is 13.1. The molecule has 0 amide bonds. The molecule has 6 heteroatoms. The maximum atomic E-state index is 12.8. The zero-order chi connectivity index (χ0) is 15.4. The highest BCUT2D eigenvalue weighted by Gasteiger charge is 2.10. The topological polar surface area (TPSA) is 39.2 Å². The molecule has 0 atom stereocenters. The van der Waals surface area contributed by atoms with Crippen LogP contribution < -0.4 is 4.74 Å². The van der Waals surface area contributed by atoms with Gasteiger partial charge in [-0.3, -0.25) is 4.79 Å². The van der Waals surface area contributed by atoms with Crippen molar-refractivity contribution in [2.75, 3.05) is 0 Å². The molecule has 0 aliphatic carbocycles. The van der Waals surface area contributed by atoms with Crippen LogP contribution in [0, 0.1) is 17.7 Å². The van der Waals surface area contributed by atoms with Gasteiger partial charge in [0, 0.05) is 12.5 Å². The van der Waals surface area contributed by atoms with Crippen molar-refractivity contribution in [2.24, 2.45) is 0 Å². The number of hydrogen-bond acceptors (Lipinski definition) is 3. The fourth-order valence-corrected chi connectivity index (χ4v) is 1.88. The van der Waals surface area contributed by atoms with Gasteiger partial charge in [-0.15, -0.1) is 0 Å². The van der Waals surface area contributed by atoms with E-state index in [0.717, 1.165) is 0 Å². The summed E-state index contributed by atoms with van der Waals surface area (Å²) in [4.78, 5) is 15.0. The highest BCUT2D eigenvalue weighted by molar-refractivity contribution is 9.10. The molecule has 2 rings (SSSR count). The van der Waals surface area contributed by atoms with Crippen molar-refractivity contribution in [1.82, 2.24) is 4.98 Å². The highest BCUT2D eigenvalue weighted by atomic mass is 79.9. The number of hydrogen-bond donors (Lipinski definition) is 0. The number of carbonyl (C=O) groups excluding carboxylic acids is 1. The molecule has 0 aliphatic rings. The zero-order valence-electron chi connectivity index (χ0n) is 10.8. The average molecular weight is 369 g/mol. The predicted molar refractivity (Wildman–Crippen MR) is 80.6 cm³/mol. The van der Waals surface area contributed by atoms with Crippen molar-refractivity contribution in [3.05, 3.63) is 56.9 Å². The molecule has 0 radical (unpaired) electrons. The van der Waals surface area contributed by atoms with Gasteiger partial charge in [0.15, 0.2) is 0 Å². The largest absolute Gasteiger partial charge is 0.406 e. The summed E-state index contributed by atoms with van der Waals surface area (Å²) >= 11 is 9.09. The molecule has 1 aromatic heterocycles. The molecule has 1 aromatic carbocycles. The van der Waals surface area contributed by atoms with Crippen molar-refractivity contribution in [2.45, 2.75) is 6.92 Å². The molecule has 3 nitrogen and oxygen atoms in total. The molecule has 0 saturated heterocycles. The lowest BCUT2D eigenvalue weighted by molar-refractivity contribution is -0.132. The maximum Gasteiger partial charge on any atom is 0.309 e. The standard InChI is InChI=1S/C15H8BrClFNO2/c1-9(20)21-15-11(8-13(16)14(17)19-15)5-2-10-3-6-12(18)7-4-10/h3-4,6-8H,1H3. The van der Waals surface area contributed by atoms with Gasteiger partial charge in [-0.1, -0.05) is 23.4 Å². The molecule has 0 N–H and O–H groups in total. The van der Waals surface area contributed by atoms with Gasteiger partial charge in [-0.05, 0) is 46.3 Å². The molecule has 2 aromatic rings. The summed E-state index contributed by atoms with van der Waals surface area (Å²) in [6.45, 7) is 1.26. The van der Waals surface area contributed by atoms with Crippen LogP contribution >= 0.6 is 27.5 Å². The molecule has 106 valence electrons. The Balaban J connectivity index is 2.41. The minimum atomic E-state index is -0.522. The Morgan fingerprint density at radius 3 is 2.62 bits per heavy atom. The number of ether oxygens (including phenoxy) is 1. The van der Waals surface area contributed by atoms with Crippen molar-refractivity contribution in [3.63, 3.8) is 0 Å². The van der Waals surface area contributed by atoms with E-state index < -0.39 is 5.97 Å². The Morgan fingerprint density at radius 1 is 1.33 bits per heavy atom. The third-order valence-electron chi connectivity index (χ3n) is 2.32. The second kappa shape index (κ2) is 6.70. The molecule has 0 saturated carbocycles. The van der Waals surface area contributed by atoms with Crippen LogP contribution in [0.2, 0.25) is 5.15 Å². The number of rotatable bonds is 1. The number of carbonyl (C=O) groups is 1. The average Bonchev–Trinajstić information content (AvgIpc) is 2.42. The van der Waals surface area contributed by atoms with Crippen LogP contribution in [0.3, 0.4) is 0 Å². The van der Waals surface area contributed by atoms with Crippen molar-refractivity contribution in [1.29, 1.82) is 0 Å².